The second kappa shape index (κ2) is 8.05. The molecule has 0 aliphatic carbocycles. The highest BCUT2D eigenvalue weighted by Gasteiger charge is 2.15. The summed E-state index contributed by atoms with van der Waals surface area (Å²) in [7, 11) is 1.28. The van der Waals surface area contributed by atoms with Crippen LogP contribution in [0.2, 0.25) is 0 Å². The van der Waals surface area contributed by atoms with Crippen molar-refractivity contribution in [3.05, 3.63) is 59.8 Å². The molecule has 0 atom stereocenters. The summed E-state index contributed by atoms with van der Waals surface area (Å²) >= 11 is 0. The number of hydrogen-bond donors (Lipinski definition) is 1. The van der Waals surface area contributed by atoms with E-state index in [0.717, 1.165) is 5.56 Å². The summed E-state index contributed by atoms with van der Waals surface area (Å²) in [6.45, 7) is 0.314. The molecule has 0 spiro atoms. The Hall–Kier alpha value is -3.81. The van der Waals surface area contributed by atoms with E-state index >= 15 is 0 Å². The first-order valence-corrected chi connectivity index (χ1v) is 8.90. The van der Waals surface area contributed by atoms with Crippen molar-refractivity contribution >= 4 is 22.8 Å². The minimum atomic E-state index is -0.576. The molecule has 148 valence electrons. The van der Waals surface area contributed by atoms with Gasteiger partial charge < -0.3 is 24.3 Å². The van der Waals surface area contributed by atoms with E-state index in [9.17, 15) is 9.59 Å². The number of rotatable bonds is 6. The molecule has 29 heavy (non-hydrogen) atoms. The van der Waals surface area contributed by atoms with E-state index in [1.807, 2.05) is 24.3 Å². The number of hydrogen-bond acceptors (Lipinski definition) is 7. The summed E-state index contributed by atoms with van der Waals surface area (Å²) in [4.78, 5) is 28.3. The van der Waals surface area contributed by atoms with Gasteiger partial charge in [0, 0.05) is 18.0 Å². The highest BCUT2D eigenvalue weighted by Crippen LogP contribution is 2.32. The number of nitrogens with one attached hydrogen (secondary N) is 1. The van der Waals surface area contributed by atoms with Crippen molar-refractivity contribution in [3.8, 4) is 17.2 Å². The predicted molar refractivity (Wildman–Crippen MR) is 103 cm³/mol. The van der Waals surface area contributed by atoms with Gasteiger partial charge in [0.15, 0.2) is 23.8 Å². The molecule has 1 N–H and O–H groups in total. The van der Waals surface area contributed by atoms with Crippen molar-refractivity contribution in [2.45, 2.75) is 6.54 Å². The zero-order valence-corrected chi connectivity index (χ0v) is 15.6. The zero-order valence-electron chi connectivity index (χ0n) is 15.6. The molecule has 1 aliphatic heterocycles. The Morgan fingerprint density at radius 3 is 2.79 bits per heavy atom. The molecule has 0 unspecified atom stereocenters. The Labute approximate surface area is 166 Å². The van der Waals surface area contributed by atoms with Crippen LogP contribution in [-0.2, 0) is 16.1 Å². The van der Waals surface area contributed by atoms with Crippen molar-refractivity contribution < 1.29 is 28.5 Å². The summed E-state index contributed by atoms with van der Waals surface area (Å²) in [6, 6.07) is 14.2. The van der Waals surface area contributed by atoms with Crippen LogP contribution >= 0.6 is 0 Å². The van der Waals surface area contributed by atoms with E-state index in [0.29, 0.717) is 34.7 Å². The molecule has 1 aliphatic rings. The number of amides is 1. The van der Waals surface area contributed by atoms with Gasteiger partial charge in [0.25, 0.3) is 5.91 Å². The minimum absolute atomic E-state index is 0.113. The van der Waals surface area contributed by atoms with Gasteiger partial charge in [0.1, 0.15) is 5.75 Å². The summed E-state index contributed by atoms with van der Waals surface area (Å²) < 4.78 is 21.0. The Bertz CT molecular complexity index is 1080. The normalized spacial score (nSPS) is 11.9. The van der Waals surface area contributed by atoms with Gasteiger partial charge in [-0.2, -0.15) is 0 Å². The summed E-state index contributed by atoms with van der Waals surface area (Å²) in [5.74, 6) is 0.853. The molecule has 0 bridgehead atoms. The molecule has 1 amide bonds. The number of aromatic nitrogens is 1. The lowest BCUT2D eigenvalue weighted by Gasteiger charge is -2.11. The van der Waals surface area contributed by atoms with E-state index in [4.69, 9.17) is 18.9 Å². The van der Waals surface area contributed by atoms with Crippen LogP contribution in [0.15, 0.2) is 48.5 Å². The topological polar surface area (TPSA) is 96.0 Å². The summed E-state index contributed by atoms with van der Waals surface area (Å²) in [5, 5.41) is 3.49. The Balaban J connectivity index is 1.42. The van der Waals surface area contributed by atoms with Gasteiger partial charge in [-0.1, -0.05) is 18.2 Å². The SMILES string of the molecule is COC(=O)c1cc(OCC(=O)NCc2ccc3c(c2)OCO3)c2ccccc2n1. The maximum absolute atomic E-state index is 12.2. The molecular formula is C21H18N2O6. The third kappa shape index (κ3) is 4.06. The van der Waals surface area contributed by atoms with E-state index in [-0.39, 0.29) is 25.0 Å². The number of fused-ring (bicyclic) bond motifs is 2. The smallest absolute Gasteiger partial charge is 0.356 e. The number of carbonyl (C=O) groups excluding carboxylic acids is 2. The van der Waals surface area contributed by atoms with Crippen LogP contribution in [0.25, 0.3) is 10.9 Å². The predicted octanol–water partition coefficient (Wildman–Crippen LogP) is 2.45. The molecule has 2 aromatic carbocycles. The van der Waals surface area contributed by atoms with Gasteiger partial charge in [-0.3, -0.25) is 4.79 Å². The Morgan fingerprint density at radius 1 is 1.10 bits per heavy atom. The molecular weight excluding hydrogens is 376 g/mol. The fourth-order valence-electron chi connectivity index (χ4n) is 2.92. The van der Waals surface area contributed by atoms with Crippen molar-refractivity contribution in [1.29, 1.82) is 0 Å². The second-order valence-corrected chi connectivity index (χ2v) is 6.27. The molecule has 0 radical (unpaired) electrons. The third-order valence-electron chi connectivity index (χ3n) is 4.36. The van der Waals surface area contributed by atoms with Crippen LogP contribution in [0, 0.1) is 0 Å². The number of pyridine rings is 1. The number of carbonyl (C=O) groups is 2. The number of para-hydroxylation sites is 1. The average molecular weight is 394 g/mol. The van der Waals surface area contributed by atoms with Gasteiger partial charge in [-0.05, 0) is 29.8 Å². The first kappa shape index (κ1) is 18.5. The highest BCUT2D eigenvalue weighted by molar-refractivity contribution is 5.94. The number of methoxy groups -OCH3 is 1. The largest absolute Gasteiger partial charge is 0.483 e. The molecule has 4 rings (SSSR count). The monoisotopic (exact) mass is 394 g/mol. The lowest BCUT2D eigenvalue weighted by Crippen LogP contribution is -2.28. The molecule has 8 nitrogen and oxygen atoms in total. The lowest BCUT2D eigenvalue weighted by atomic mass is 10.2. The van der Waals surface area contributed by atoms with Crippen molar-refractivity contribution in [2.24, 2.45) is 0 Å². The highest BCUT2D eigenvalue weighted by atomic mass is 16.7. The molecule has 0 saturated carbocycles. The Morgan fingerprint density at radius 2 is 1.93 bits per heavy atom. The quantitative estimate of drug-likeness (QED) is 0.642. The first-order valence-electron chi connectivity index (χ1n) is 8.90. The van der Waals surface area contributed by atoms with Crippen LogP contribution in [0.1, 0.15) is 16.1 Å². The fraction of sp³-hybridized carbons (Fsp3) is 0.190. The summed E-state index contributed by atoms with van der Waals surface area (Å²) in [5.41, 5.74) is 1.57. The maximum atomic E-state index is 12.2. The standard InChI is InChI=1S/C21H18N2O6/c1-26-21(25)16-9-18(14-4-2-3-5-15(14)23-16)27-11-20(24)22-10-13-6-7-17-19(8-13)29-12-28-17/h2-9H,10-12H2,1H3,(H,22,24). The Kier molecular flexibility index (Phi) is 5.15. The molecule has 8 heteroatoms. The number of nitrogens with zero attached hydrogens (tertiary/aromatic N) is 1. The van der Waals surface area contributed by atoms with Gasteiger partial charge in [0.2, 0.25) is 6.79 Å². The molecule has 0 fully saturated rings. The van der Waals surface area contributed by atoms with Crippen LogP contribution in [0.4, 0.5) is 0 Å². The molecule has 3 aromatic rings. The summed E-state index contributed by atoms with van der Waals surface area (Å²) in [6.07, 6.45) is 0. The third-order valence-corrected chi connectivity index (χ3v) is 4.36. The van der Waals surface area contributed by atoms with Crippen molar-refractivity contribution in [3.63, 3.8) is 0 Å². The van der Waals surface area contributed by atoms with Gasteiger partial charge >= 0.3 is 5.97 Å². The second-order valence-electron chi connectivity index (χ2n) is 6.27. The van der Waals surface area contributed by atoms with Crippen LogP contribution in [-0.4, -0.2) is 37.4 Å². The van der Waals surface area contributed by atoms with Crippen LogP contribution < -0.4 is 19.5 Å². The van der Waals surface area contributed by atoms with Crippen molar-refractivity contribution in [2.75, 3.05) is 20.5 Å². The number of ether oxygens (including phenoxy) is 4. The average Bonchev–Trinajstić information content (AvgIpc) is 3.23. The zero-order chi connectivity index (χ0) is 20.2. The van der Waals surface area contributed by atoms with Crippen molar-refractivity contribution in [1.82, 2.24) is 10.3 Å². The molecule has 0 saturated heterocycles. The van der Waals surface area contributed by atoms with Gasteiger partial charge in [-0.15, -0.1) is 0 Å². The number of benzene rings is 2. The fourth-order valence-corrected chi connectivity index (χ4v) is 2.92. The van der Waals surface area contributed by atoms with Crippen LogP contribution in [0.5, 0.6) is 17.2 Å². The van der Waals surface area contributed by atoms with Gasteiger partial charge in [-0.25, -0.2) is 9.78 Å². The molecule has 1 aromatic heterocycles. The van der Waals surface area contributed by atoms with Gasteiger partial charge in [0.05, 0.1) is 12.6 Å². The first-order chi connectivity index (χ1) is 14.1. The minimum Gasteiger partial charge on any atom is -0.483 e. The van der Waals surface area contributed by atoms with E-state index < -0.39 is 5.97 Å². The van der Waals surface area contributed by atoms with Crippen LogP contribution in [0.3, 0.4) is 0 Å². The number of esters is 1. The lowest BCUT2D eigenvalue weighted by molar-refractivity contribution is -0.123. The maximum Gasteiger partial charge on any atom is 0.356 e. The van der Waals surface area contributed by atoms with E-state index in [1.165, 1.54) is 13.2 Å². The van der Waals surface area contributed by atoms with E-state index in [1.54, 1.807) is 18.2 Å². The van der Waals surface area contributed by atoms with E-state index in [2.05, 4.69) is 10.3 Å². The molecule has 2 heterocycles.